The van der Waals surface area contributed by atoms with Gasteiger partial charge in [-0.1, -0.05) is 46.3 Å². The van der Waals surface area contributed by atoms with E-state index in [9.17, 15) is 0 Å². The van der Waals surface area contributed by atoms with Crippen LogP contribution in [0.25, 0.3) is 0 Å². The molecule has 0 aromatic rings. The maximum atomic E-state index is 3.59. The van der Waals surface area contributed by atoms with E-state index in [4.69, 9.17) is 0 Å². The summed E-state index contributed by atoms with van der Waals surface area (Å²) in [7, 11) is -1.05. The molecule has 0 aliphatic carbocycles. The zero-order valence-electron chi connectivity index (χ0n) is 8.37. The van der Waals surface area contributed by atoms with Gasteiger partial charge in [-0.25, -0.2) is 0 Å². The standard InChI is InChI=1S/C9H18BrNSi/c1-7-5-9(10)11-6-8(7)12(2,3)4/h9,11H,5-6H2,1-4H3. The van der Waals surface area contributed by atoms with Crippen LogP contribution in [-0.2, 0) is 0 Å². The highest BCUT2D eigenvalue weighted by atomic mass is 79.9. The molecule has 0 spiro atoms. The molecule has 1 nitrogen and oxygen atoms in total. The van der Waals surface area contributed by atoms with Gasteiger partial charge in [-0.15, -0.1) is 0 Å². The molecule has 1 aliphatic rings. The van der Waals surface area contributed by atoms with Gasteiger partial charge in [0.2, 0.25) is 0 Å². The van der Waals surface area contributed by atoms with Crippen molar-refractivity contribution in [1.29, 1.82) is 0 Å². The third-order valence-electron chi connectivity index (χ3n) is 2.41. The van der Waals surface area contributed by atoms with Crippen LogP contribution in [0.15, 0.2) is 10.8 Å². The highest BCUT2D eigenvalue weighted by Gasteiger charge is 2.25. The predicted octanol–water partition coefficient (Wildman–Crippen LogP) is 2.89. The van der Waals surface area contributed by atoms with Gasteiger partial charge in [0.25, 0.3) is 0 Å². The first-order chi connectivity index (χ1) is 5.41. The van der Waals surface area contributed by atoms with Crippen LogP contribution in [0, 0.1) is 0 Å². The fourth-order valence-electron chi connectivity index (χ4n) is 1.73. The highest BCUT2D eigenvalue weighted by Crippen LogP contribution is 2.25. The van der Waals surface area contributed by atoms with E-state index in [1.807, 2.05) is 0 Å². The summed E-state index contributed by atoms with van der Waals surface area (Å²) in [5.41, 5.74) is 1.61. The molecule has 3 heteroatoms. The summed E-state index contributed by atoms with van der Waals surface area (Å²) in [6, 6.07) is 0. The quantitative estimate of drug-likeness (QED) is 0.427. The molecule has 1 aliphatic heterocycles. The van der Waals surface area contributed by atoms with Crippen molar-refractivity contribution < 1.29 is 0 Å². The molecule has 1 unspecified atom stereocenters. The fourth-order valence-corrected chi connectivity index (χ4v) is 4.40. The van der Waals surface area contributed by atoms with Gasteiger partial charge in [0, 0.05) is 6.54 Å². The van der Waals surface area contributed by atoms with Gasteiger partial charge in [-0.3, -0.25) is 0 Å². The lowest BCUT2D eigenvalue weighted by molar-refractivity contribution is 0.658. The van der Waals surface area contributed by atoms with Crippen molar-refractivity contribution in [2.24, 2.45) is 0 Å². The van der Waals surface area contributed by atoms with Gasteiger partial charge < -0.3 is 5.32 Å². The van der Waals surface area contributed by atoms with E-state index in [0.29, 0.717) is 4.95 Å². The number of halogens is 1. The van der Waals surface area contributed by atoms with Crippen molar-refractivity contribution in [3.63, 3.8) is 0 Å². The molecule has 1 heterocycles. The Hall–Kier alpha value is 0.397. The number of nitrogens with one attached hydrogen (secondary N) is 1. The predicted molar refractivity (Wildman–Crippen MR) is 61.4 cm³/mol. The van der Waals surface area contributed by atoms with E-state index in [-0.39, 0.29) is 0 Å². The monoisotopic (exact) mass is 247 g/mol. The van der Waals surface area contributed by atoms with E-state index in [0.717, 1.165) is 6.54 Å². The average Bonchev–Trinajstić information content (AvgIpc) is 1.83. The van der Waals surface area contributed by atoms with Crippen molar-refractivity contribution in [3.05, 3.63) is 10.8 Å². The first-order valence-electron chi connectivity index (χ1n) is 4.48. The van der Waals surface area contributed by atoms with Crippen LogP contribution < -0.4 is 5.32 Å². The number of hydrogen-bond donors (Lipinski definition) is 1. The van der Waals surface area contributed by atoms with Crippen LogP contribution in [0.4, 0.5) is 0 Å². The molecule has 0 aromatic carbocycles. The van der Waals surface area contributed by atoms with Crippen LogP contribution in [0.5, 0.6) is 0 Å². The van der Waals surface area contributed by atoms with Crippen LogP contribution in [0.3, 0.4) is 0 Å². The minimum Gasteiger partial charge on any atom is -0.301 e. The molecule has 0 amide bonds. The fraction of sp³-hybridized carbons (Fsp3) is 0.778. The summed E-state index contributed by atoms with van der Waals surface area (Å²) in [6.07, 6.45) is 1.17. The number of alkyl halides is 1. The zero-order chi connectivity index (χ0) is 9.35. The lowest BCUT2D eigenvalue weighted by Crippen LogP contribution is -2.39. The van der Waals surface area contributed by atoms with Crippen molar-refractivity contribution in [2.45, 2.75) is 37.9 Å². The lowest BCUT2D eigenvalue weighted by atomic mass is 10.1. The van der Waals surface area contributed by atoms with Crippen molar-refractivity contribution in [3.8, 4) is 0 Å². The van der Waals surface area contributed by atoms with Gasteiger partial charge in [0.05, 0.1) is 13.0 Å². The van der Waals surface area contributed by atoms with E-state index in [2.05, 4.69) is 47.8 Å². The summed E-state index contributed by atoms with van der Waals surface area (Å²) in [6.45, 7) is 10.6. The third-order valence-corrected chi connectivity index (χ3v) is 5.47. The maximum absolute atomic E-state index is 3.59. The summed E-state index contributed by atoms with van der Waals surface area (Å²) < 4.78 is 0. The Morgan fingerprint density at radius 3 is 2.42 bits per heavy atom. The molecular formula is C9H18BrNSi. The van der Waals surface area contributed by atoms with E-state index in [1.54, 1.807) is 10.8 Å². The first kappa shape index (κ1) is 10.5. The average molecular weight is 248 g/mol. The van der Waals surface area contributed by atoms with Crippen molar-refractivity contribution >= 4 is 24.0 Å². The molecule has 1 atom stereocenters. The minimum absolute atomic E-state index is 0.498. The molecule has 0 saturated carbocycles. The van der Waals surface area contributed by atoms with Gasteiger partial charge in [0.1, 0.15) is 0 Å². The largest absolute Gasteiger partial charge is 0.301 e. The molecule has 0 fully saturated rings. The van der Waals surface area contributed by atoms with E-state index in [1.165, 1.54) is 6.42 Å². The molecule has 0 bridgehead atoms. The van der Waals surface area contributed by atoms with Crippen molar-refractivity contribution in [2.75, 3.05) is 6.54 Å². The van der Waals surface area contributed by atoms with Crippen LogP contribution >= 0.6 is 15.9 Å². The molecule has 70 valence electrons. The van der Waals surface area contributed by atoms with Gasteiger partial charge >= 0.3 is 0 Å². The van der Waals surface area contributed by atoms with Crippen LogP contribution in [-0.4, -0.2) is 19.6 Å². The second-order valence-electron chi connectivity index (χ2n) is 4.56. The zero-order valence-corrected chi connectivity index (χ0v) is 11.0. The van der Waals surface area contributed by atoms with E-state index >= 15 is 0 Å². The Bertz CT molecular complexity index is 205. The topological polar surface area (TPSA) is 12.0 Å². The Morgan fingerprint density at radius 1 is 1.42 bits per heavy atom. The Balaban J connectivity index is 2.83. The third kappa shape index (κ3) is 2.44. The molecule has 0 radical (unpaired) electrons. The molecule has 1 rings (SSSR count). The Labute approximate surface area is 84.8 Å². The Morgan fingerprint density at radius 2 is 2.00 bits per heavy atom. The smallest absolute Gasteiger partial charge is 0.0740 e. The summed E-state index contributed by atoms with van der Waals surface area (Å²) in [5, 5.41) is 5.17. The number of hydrogen-bond acceptors (Lipinski definition) is 1. The molecule has 1 N–H and O–H groups in total. The highest BCUT2D eigenvalue weighted by molar-refractivity contribution is 9.09. The van der Waals surface area contributed by atoms with Crippen LogP contribution in [0.2, 0.25) is 19.6 Å². The lowest BCUT2D eigenvalue weighted by Gasteiger charge is -2.30. The normalized spacial score (nSPS) is 26.2. The van der Waals surface area contributed by atoms with Gasteiger partial charge in [-0.05, 0) is 13.3 Å². The van der Waals surface area contributed by atoms with Crippen molar-refractivity contribution in [1.82, 2.24) is 5.32 Å². The van der Waals surface area contributed by atoms with Gasteiger partial charge in [0.15, 0.2) is 0 Å². The minimum atomic E-state index is -1.05. The summed E-state index contributed by atoms with van der Waals surface area (Å²) in [5.74, 6) is 0. The van der Waals surface area contributed by atoms with Crippen LogP contribution in [0.1, 0.15) is 13.3 Å². The van der Waals surface area contributed by atoms with Gasteiger partial charge in [-0.2, -0.15) is 0 Å². The van der Waals surface area contributed by atoms with E-state index < -0.39 is 8.07 Å². The maximum Gasteiger partial charge on any atom is 0.0740 e. The molecular weight excluding hydrogens is 230 g/mol. The molecule has 0 saturated heterocycles. The second kappa shape index (κ2) is 3.64. The Kier molecular flexibility index (Phi) is 3.18. The SMILES string of the molecule is CC1=C([Si](C)(C)C)CNC(Br)C1. The summed E-state index contributed by atoms with van der Waals surface area (Å²) >= 11 is 3.59. The summed E-state index contributed by atoms with van der Waals surface area (Å²) in [4.78, 5) is 0.498. The second-order valence-corrected chi connectivity index (χ2v) is 10.8. The molecule has 0 aromatic heterocycles. The molecule has 12 heavy (non-hydrogen) atoms. The first-order valence-corrected chi connectivity index (χ1v) is 8.89. The number of rotatable bonds is 1.